The first-order valence-corrected chi connectivity index (χ1v) is 14.7. The van der Waals surface area contributed by atoms with Crippen LogP contribution in [0, 0.1) is 63.1 Å². The van der Waals surface area contributed by atoms with Gasteiger partial charge in [0.1, 0.15) is 0 Å². The molecule has 10 unspecified atom stereocenters. The molecule has 3 aliphatic rings. The van der Waals surface area contributed by atoms with E-state index in [4.69, 9.17) is 9.47 Å². The van der Waals surface area contributed by atoms with Gasteiger partial charge in [-0.2, -0.15) is 0 Å². The molecule has 0 amide bonds. The summed E-state index contributed by atoms with van der Waals surface area (Å²) in [6.45, 7) is 29.7. The molecule has 35 heavy (non-hydrogen) atoms. The van der Waals surface area contributed by atoms with Crippen molar-refractivity contribution in [2.75, 3.05) is 0 Å². The average Bonchev–Trinajstić information content (AvgIpc) is 2.99. The number of carbonyl (C=O) groups is 1. The van der Waals surface area contributed by atoms with Crippen LogP contribution in [0.4, 0.5) is 0 Å². The van der Waals surface area contributed by atoms with Crippen LogP contribution in [0.15, 0.2) is 0 Å². The fraction of sp³-hybridized carbons (Fsp3) is 0.969. The number of ether oxygens (including phenoxy) is 2. The zero-order valence-corrected chi connectivity index (χ0v) is 25.5. The molecule has 3 nitrogen and oxygen atoms in total. The highest BCUT2D eigenvalue weighted by atomic mass is 16.7. The Bertz CT molecular complexity index is 758. The Morgan fingerprint density at radius 1 is 0.914 bits per heavy atom. The highest BCUT2D eigenvalue weighted by Gasteiger charge is 2.62. The number of esters is 1. The minimum atomic E-state index is -0.566. The van der Waals surface area contributed by atoms with Crippen LogP contribution in [-0.2, 0) is 14.3 Å². The van der Waals surface area contributed by atoms with Gasteiger partial charge in [0.05, 0.1) is 11.5 Å². The van der Waals surface area contributed by atoms with E-state index in [1.54, 1.807) is 0 Å². The summed E-state index contributed by atoms with van der Waals surface area (Å²) in [5.74, 6) is 4.83. The molecule has 0 aromatic carbocycles. The van der Waals surface area contributed by atoms with Crippen LogP contribution in [0.2, 0.25) is 0 Å². The van der Waals surface area contributed by atoms with Crippen LogP contribution >= 0.6 is 0 Å². The monoisotopic (exact) mass is 490 g/mol. The van der Waals surface area contributed by atoms with Crippen molar-refractivity contribution in [2.45, 2.75) is 135 Å². The van der Waals surface area contributed by atoms with Crippen molar-refractivity contribution >= 4 is 5.97 Å². The maximum absolute atomic E-state index is 13.6. The van der Waals surface area contributed by atoms with Gasteiger partial charge in [-0.3, -0.25) is 4.79 Å². The second-order valence-electron chi connectivity index (χ2n) is 16.0. The molecule has 3 rings (SSSR count). The van der Waals surface area contributed by atoms with Crippen molar-refractivity contribution in [3.63, 3.8) is 0 Å². The lowest BCUT2D eigenvalue weighted by molar-refractivity contribution is -0.208. The Morgan fingerprint density at radius 2 is 1.46 bits per heavy atom. The summed E-state index contributed by atoms with van der Waals surface area (Å²) in [6.07, 6.45) is 5.61. The van der Waals surface area contributed by atoms with E-state index in [-0.39, 0.29) is 22.9 Å². The molecular weight excluding hydrogens is 432 g/mol. The van der Waals surface area contributed by atoms with Gasteiger partial charge in [0.15, 0.2) is 6.29 Å². The molecule has 10 atom stereocenters. The molecule has 0 heterocycles. The predicted octanol–water partition coefficient (Wildman–Crippen LogP) is 8.75. The summed E-state index contributed by atoms with van der Waals surface area (Å²) in [6, 6.07) is 0. The van der Waals surface area contributed by atoms with Gasteiger partial charge in [-0.25, -0.2) is 0 Å². The van der Waals surface area contributed by atoms with Crippen molar-refractivity contribution < 1.29 is 14.3 Å². The first-order chi connectivity index (χ1) is 15.8. The SMILES string of the molecule is CC(OC(=O)C(C)(CC(C)(C)C)C(C)(C)C)OC1CC2CC1C1C(C)CCC(C)C2C1(C)C(C)C. The Balaban J connectivity index is 1.80. The fourth-order valence-electron chi connectivity index (χ4n) is 9.12. The quantitative estimate of drug-likeness (QED) is 0.276. The van der Waals surface area contributed by atoms with Gasteiger partial charge in [0.25, 0.3) is 0 Å². The molecule has 0 aliphatic heterocycles. The summed E-state index contributed by atoms with van der Waals surface area (Å²) < 4.78 is 12.8. The highest BCUT2D eigenvalue weighted by molar-refractivity contribution is 5.77. The van der Waals surface area contributed by atoms with E-state index in [1.807, 2.05) is 6.92 Å². The number of fused-ring (bicyclic) bond motifs is 6. The second kappa shape index (κ2) is 9.63. The molecule has 0 aromatic heterocycles. The molecule has 0 spiro atoms. The maximum Gasteiger partial charge on any atom is 0.314 e. The third kappa shape index (κ3) is 5.23. The zero-order valence-electron chi connectivity index (χ0n) is 25.5. The number of hydrogen-bond donors (Lipinski definition) is 0. The average molecular weight is 491 g/mol. The predicted molar refractivity (Wildman–Crippen MR) is 146 cm³/mol. The van der Waals surface area contributed by atoms with Gasteiger partial charge in [0.2, 0.25) is 0 Å². The normalized spacial score (nSPS) is 40.2. The molecule has 0 aromatic rings. The molecular formula is C32H58O3. The van der Waals surface area contributed by atoms with Gasteiger partial charge in [-0.1, -0.05) is 89.0 Å². The molecule has 0 N–H and O–H groups in total. The van der Waals surface area contributed by atoms with Crippen molar-refractivity contribution in [3.05, 3.63) is 0 Å². The topological polar surface area (TPSA) is 35.5 Å². The molecule has 3 aliphatic carbocycles. The standard InChI is InChI=1S/C32H58O3/c1-19(2)32(13)26-20(3)14-15-21(4)27(32)24-16-23(26)17-25(24)34-22(5)35-28(33)31(12,30(9,10)11)18-29(6,7)8/h19-27H,14-18H2,1-13H3. The summed E-state index contributed by atoms with van der Waals surface area (Å²) in [5.41, 5.74) is -0.361. The van der Waals surface area contributed by atoms with Gasteiger partial charge in [-0.15, -0.1) is 0 Å². The highest BCUT2D eigenvalue weighted by Crippen LogP contribution is 2.67. The molecule has 0 radical (unpaired) electrons. The molecule has 0 saturated heterocycles. The van der Waals surface area contributed by atoms with Crippen LogP contribution in [0.5, 0.6) is 0 Å². The lowest BCUT2D eigenvalue weighted by Gasteiger charge is -2.56. The van der Waals surface area contributed by atoms with Gasteiger partial charge < -0.3 is 9.47 Å². The Morgan fingerprint density at radius 3 is 1.94 bits per heavy atom. The molecule has 3 heteroatoms. The lowest BCUT2D eigenvalue weighted by Crippen LogP contribution is -2.51. The van der Waals surface area contributed by atoms with E-state index in [9.17, 15) is 4.79 Å². The van der Waals surface area contributed by atoms with E-state index in [1.165, 1.54) is 19.3 Å². The summed E-state index contributed by atoms with van der Waals surface area (Å²) in [7, 11) is 0. The van der Waals surface area contributed by atoms with Crippen molar-refractivity contribution in [2.24, 2.45) is 63.1 Å². The summed E-state index contributed by atoms with van der Waals surface area (Å²) in [4.78, 5) is 13.6. The molecule has 4 bridgehead atoms. The minimum Gasteiger partial charge on any atom is -0.436 e. The molecule has 3 saturated carbocycles. The van der Waals surface area contributed by atoms with Crippen LogP contribution in [0.1, 0.15) is 122 Å². The number of hydrogen-bond acceptors (Lipinski definition) is 3. The van der Waals surface area contributed by atoms with Gasteiger partial charge in [0, 0.05) is 0 Å². The first-order valence-electron chi connectivity index (χ1n) is 14.7. The Hall–Kier alpha value is -0.570. The molecule has 204 valence electrons. The van der Waals surface area contributed by atoms with Crippen molar-refractivity contribution in [1.82, 2.24) is 0 Å². The third-order valence-electron chi connectivity index (χ3n) is 11.2. The zero-order chi connectivity index (χ0) is 26.7. The minimum absolute atomic E-state index is 0.0395. The number of carbonyl (C=O) groups excluding carboxylic acids is 1. The van der Waals surface area contributed by atoms with E-state index < -0.39 is 11.7 Å². The van der Waals surface area contributed by atoms with Crippen molar-refractivity contribution in [1.29, 1.82) is 0 Å². The van der Waals surface area contributed by atoms with E-state index in [0.717, 1.165) is 36.5 Å². The fourth-order valence-corrected chi connectivity index (χ4v) is 9.12. The van der Waals surface area contributed by atoms with Crippen LogP contribution < -0.4 is 0 Å². The maximum atomic E-state index is 13.6. The van der Waals surface area contributed by atoms with Crippen molar-refractivity contribution in [3.8, 4) is 0 Å². The van der Waals surface area contributed by atoms with E-state index >= 15 is 0 Å². The van der Waals surface area contributed by atoms with Crippen LogP contribution in [-0.4, -0.2) is 18.4 Å². The summed E-state index contributed by atoms with van der Waals surface area (Å²) >= 11 is 0. The smallest absolute Gasteiger partial charge is 0.314 e. The largest absolute Gasteiger partial charge is 0.436 e. The van der Waals surface area contributed by atoms with E-state index in [0.29, 0.717) is 23.2 Å². The van der Waals surface area contributed by atoms with Crippen LogP contribution in [0.3, 0.4) is 0 Å². The molecule has 3 fully saturated rings. The summed E-state index contributed by atoms with van der Waals surface area (Å²) in [5, 5.41) is 0. The van der Waals surface area contributed by atoms with E-state index in [2.05, 4.69) is 83.1 Å². The number of rotatable bonds is 6. The lowest BCUT2D eigenvalue weighted by atomic mass is 9.49. The Labute approximate surface area is 217 Å². The first kappa shape index (κ1) is 29.0. The van der Waals surface area contributed by atoms with Crippen LogP contribution in [0.25, 0.3) is 0 Å². The third-order valence-corrected chi connectivity index (χ3v) is 11.2. The Kier molecular flexibility index (Phi) is 7.98. The van der Waals surface area contributed by atoms with Gasteiger partial charge in [-0.05, 0) is 90.8 Å². The van der Waals surface area contributed by atoms with Gasteiger partial charge >= 0.3 is 5.97 Å². The second-order valence-corrected chi connectivity index (χ2v) is 16.0.